The van der Waals surface area contributed by atoms with Crippen molar-refractivity contribution >= 4 is 6.03 Å². The third-order valence-corrected chi connectivity index (χ3v) is 4.84. The van der Waals surface area contributed by atoms with Crippen molar-refractivity contribution in [1.82, 2.24) is 15.5 Å². The van der Waals surface area contributed by atoms with Crippen LogP contribution in [-0.2, 0) is 9.47 Å². The molecule has 3 aliphatic rings. The lowest BCUT2D eigenvalue weighted by Gasteiger charge is -2.28. The number of nitrogens with zero attached hydrogens (tertiary/aromatic N) is 1. The van der Waals surface area contributed by atoms with Gasteiger partial charge in [-0.3, -0.25) is 0 Å². The fourth-order valence-corrected chi connectivity index (χ4v) is 3.47. The molecule has 1 saturated carbocycles. The van der Waals surface area contributed by atoms with Gasteiger partial charge in [-0.2, -0.15) is 0 Å². The van der Waals surface area contributed by atoms with Crippen molar-refractivity contribution in [3.8, 4) is 0 Å². The van der Waals surface area contributed by atoms with Crippen LogP contribution in [0.25, 0.3) is 0 Å². The molecular formula is C15H27N3O4. The summed E-state index contributed by atoms with van der Waals surface area (Å²) in [7, 11) is 0. The molecule has 0 unspecified atom stereocenters. The van der Waals surface area contributed by atoms with Gasteiger partial charge in [-0.25, -0.2) is 4.79 Å². The average molecular weight is 313 g/mol. The van der Waals surface area contributed by atoms with E-state index >= 15 is 0 Å². The summed E-state index contributed by atoms with van der Waals surface area (Å²) < 4.78 is 10.9. The molecule has 0 aromatic heterocycles. The van der Waals surface area contributed by atoms with Crippen LogP contribution in [0, 0.1) is 0 Å². The van der Waals surface area contributed by atoms with Crippen LogP contribution in [0.5, 0.6) is 0 Å². The topological polar surface area (TPSA) is 83.1 Å². The molecule has 0 aromatic carbocycles. The number of nitrogens with one attached hydrogen (secondary N) is 2. The molecule has 1 aliphatic carbocycles. The molecule has 0 bridgehead atoms. The van der Waals surface area contributed by atoms with Crippen molar-refractivity contribution in [3.63, 3.8) is 0 Å². The van der Waals surface area contributed by atoms with Gasteiger partial charge in [0.15, 0.2) is 0 Å². The first-order valence-electron chi connectivity index (χ1n) is 8.40. The Labute approximate surface area is 131 Å². The molecule has 2 aliphatic heterocycles. The maximum Gasteiger partial charge on any atom is 0.317 e. The zero-order valence-electron chi connectivity index (χ0n) is 13.0. The Kier molecular flexibility index (Phi) is 5.51. The van der Waals surface area contributed by atoms with Gasteiger partial charge in [0.1, 0.15) is 6.10 Å². The minimum atomic E-state index is -0.564. The Bertz CT molecular complexity index is 370. The van der Waals surface area contributed by atoms with Gasteiger partial charge in [-0.1, -0.05) is 12.8 Å². The Hall–Kier alpha value is -0.890. The number of urea groups is 1. The first kappa shape index (κ1) is 16.0. The normalized spacial score (nSPS) is 33.3. The van der Waals surface area contributed by atoms with E-state index in [-0.39, 0.29) is 18.2 Å². The lowest BCUT2D eigenvalue weighted by molar-refractivity contribution is 0.0358. The zero-order chi connectivity index (χ0) is 15.4. The second-order valence-corrected chi connectivity index (χ2v) is 6.40. The van der Waals surface area contributed by atoms with Crippen molar-refractivity contribution in [2.75, 3.05) is 39.5 Å². The lowest BCUT2D eigenvalue weighted by atomic mass is 10.1. The van der Waals surface area contributed by atoms with Crippen molar-refractivity contribution in [2.24, 2.45) is 0 Å². The number of rotatable bonds is 4. The molecule has 2 heterocycles. The summed E-state index contributed by atoms with van der Waals surface area (Å²) in [6.45, 7) is 3.26. The highest BCUT2D eigenvalue weighted by molar-refractivity contribution is 5.74. The Balaban J connectivity index is 1.40. The second-order valence-electron chi connectivity index (χ2n) is 6.40. The van der Waals surface area contributed by atoms with Crippen LogP contribution in [0.15, 0.2) is 0 Å². The number of carbonyl (C=O) groups excluding carboxylic acids is 1. The van der Waals surface area contributed by atoms with E-state index in [1.807, 2.05) is 0 Å². The number of carbonyl (C=O) groups is 1. The summed E-state index contributed by atoms with van der Waals surface area (Å²) in [5.74, 6) is 0. The molecule has 7 heteroatoms. The molecule has 2 saturated heterocycles. The molecule has 22 heavy (non-hydrogen) atoms. The summed E-state index contributed by atoms with van der Waals surface area (Å²) in [4.78, 5) is 13.8. The van der Waals surface area contributed by atoms with Crippen LogP contribution in [0.4, 0.5) is 4.79 Å². The van der Waals surface area contributed by atoms with Crippen molar-refractivity contribution in [3.05, 3.63) is 0 Å². The van der Waals surface area contributed by atoms with E-state index in [0.29, 0.717) is 45.5 Å². The van der Waals surface area contributed by atoms with E-state index in [4.69, 9.17) is 9.47 Å². The van der Waals surface area contributed by atoms with Crippen molar-refractivity contribution in [1.29, 1.82) is 0 Å². The van der Waals surface area contributed by atoms with Crippen LogP contribution in [0.3, 0.4) is 0 Å². The van der Waals surface area contributed by atoms with E-state index in [0.717, 1.165) is 0 Å². The number of amides is 2. The number of aliphatic hydroxyl groups excluding tert-OH is 1. The number of ether oxygens (including phenoxy) is 2. The third kappa shape index (κ3) is 3.90. The van der Waals surface area contributed by atoms with Gasteiger partial charge in [0.05, 0.1) is 32.0 Å². The monoisotopic (exact) mass is 313 g/mol. The summed E-state index contributed by atoms with van der Waals surface area (Å²) in [5.41, 5.74) is 0. The molecule has 126 valence electrons. The third-order valence-electron chi connectivity index (χ3n) is 4.84. The maximum absolute atomic E-state index is 12.0. The van der Waals surface area contributed by atoms with E-state index in [1.54, 1.807) is 4.90 Å². The number of hydrogen-bond donors (Lipinski definition) is 3. The molecule has 3 rings (SSSR count). The highest BCUT2D eigenvalue weighted by Crippen LogP contribution is 2.21. The van der Waals surface area contributed by atoms with Crippen molar-refractivity contribution in [2.45, 2.75) is 50.0 Å². The summed E-state index contributed by atoms with van der Waals surface area (Å²) >= 11 is 0. The molecule has 0 radical (unpaired) electrons. The lowest BCUT2D eigenvalue weighted by Crippen LogP contribution is -2.50. The van der Waals surface area contributed by atoms with Crippen LogP contribution in [-0.4, -0.2) is 79.8 Å². The van der Waals surface area contributed by atoms with Crippen LogP contribution in [0.2, 0.25) is 0 Å². The van der Waals surface area contributed by atoms with Gasteiger partial charge in [-0.05, 0) is 12.8 Å². The predicted molar refractivity (Wildman–Crippen MR) is 80.7 cm³/mol. The highest BCUT2D eigenvalue weighted by Gasteiger charge is 2.37. The molecular weight excluding hydrogens is 286 g/mol. The summed E-state index contributed by atoms with van der Waals surface area (Å²) in [6, 6.07) is 0.379. The average Bonchev–Trinajstić information content (AvgIpc) is 3.18. The van der Waals surface area contributed by atoms with Gasteiger partial charge in [0.2, 0.25) is 0 Å². The smallest absolute Gasteiger partial charge is 0.317 e. The standard InChI is InChI=1S/C15H27N3O4/c19-14-12(17-11-3-1-2-4-11)10-22-13(14)9-16-15(20)18-5-7-21-8-6-18/h11-14,17,19H,1-10H2,(H,16,20)/t12-,13-,14+/m1/s1. The largest absolute Gasteiger partial charge is 0.389 e. The molecule has 0 aromatic rings. The van der Waals surface area contributed by atoms with E-state index in [9.17, 15) is 9.90 Å². The van der Waals surface area contributed by atoms with Gasteiger partial charge < -0.3 is 30.1 Å². The SMILES string of the molecule is O=C(NC[C@H]1OC[C@@H](NC2CCCC2)[C@@H]1O)N1CCOCC1. The molecule has 0 spiro atoms. The number of morpholine rings is 1. The van der Waals surface area contributed by atoms with Gasteiger partial charge in [-0.15, -0.1) is 0 Å². The number of hydrogen-bond acceptors (Lipinski definition) is 5. The fraction of sp³-hybridized carbons (Fsp3) is 0.933. The van der Waals surface area contributed by atoms with Crippen molar-refractivity contribution < 1.29 is 19.4 Å². The summed E-state index contributed by atoms with van der Waals surface area (Å²) in [6.07, 6.45) is 4.00. The Morgan fingerprint density at radius 3 is 2.68 bits per heavy atom. The minimum Gasteiger partial charge on any atom is -0.389 e. The van der Waals surface area contributed by atoms with Crippen LogP contribution in [0.1, 0.15) is 25.7 Å². The molecule has 2 amide bonds. The molecule has 3 atom stereocenters. The van der Waals surface area contributed by atoms with Gasteiger partial charge in [0, 0.05) is 25.7 Å². The van der Waals surface area contributed by atoms with E-state index in [2.05, 4.69) is 10.6 Å². The van der Waals surface area contributed by atoms with Gasteiger partial charge in [0.25, 0.3) is 0 Å². The maximum atomic E-state index is 12.0. The van der Waals surface area contributed by atoms with Crippen LogP contribution >= 0.6 is 0 Å². The number of aliphatic hydroxyl groups is 1. The molecule has 3 N–H and O–H groups in total. The predicted octanol–water partition coefficient (Wildman–Crippen LogP) is -0.311. The summed E-state index contributed by atoms with van der Waals surface area (Å²) in [5, 5.41) is 16.7. The van der Waals surface area contributed by atoms with E-state index < -0.39 is 6.10 Å². The van der Waals surface area contributed by atoms with Crippen LogP contribution < -0.4 is 10.6 Å². The molecule has 7 nitrogen and oxygen atoms in total. The fourth-order valence-electron chi connectivity index (χ4n) is 3.47. The molecule has 3 fully saturated rings. The Morgan fingerprint density at radius 2 is 1.95 bits per heavy atom. The highest BCUT2D eigenvalue weighted by atomic mass is 16.5. The zero-order valence-corrected chi connectivity index (χ0v) is 13.0. The quantitative estimate of drug-likeness (QED) is 0.663. The minimum absolute atomic E-state index is 0.0200. The second kappa shape index (κ2) is 7.59. The Morgan fingerprint density at radius 1 is 1.23 bits per heavy atom. The van der Waals surface area contributed by atoms with E-state index in [1.165, 1.54) is 25.7 Å². The first-order chi connectivity index (χ1) is 10.7. The first-order valence-corrected chi connectivity index (χ1v) is 8.40. The van der Waals surface area contributed by atoms with Gasteiger partial charge >= 0.3 is 6.03 Å².